The number of benzene rings is 3. The van der Waals surface area contributed by atoms with E-state index in [0.29, 0.717) is 51.3 Å². The number of para-hydroxylation sites is 1. The average molecular weight is 616 g/mol. The summed E-state index contributed by atoms with van der Waals surface area (Å²) < 4.78 is 80.1. The Kier molecular flexibility index (Phi) is 9.18. The van der Waals surface area contributed by atoms with Crippen LogP contribution in [0.3, 0.4) is 0 Å². The quantitative estimate of drug-likeness (QED) is 0.347. The lowest BCUT2D eigenvalue weighted by atomic mass is 10.0. The van der Waals surface area contributed by atoms with Crippen LogP contribution in [0.25, 0.3) is 0 Å². The second kappa shape index (κ2) is 12.9. The number of likely N-dealkylation sites (tertiary alicyclic amines) is 1. The maximum atomic E-state index is 13.8. The minimum atomic E-state index is -4.92. The number of carbonyl (C=O) groups is 1. The van der Waals surface area contributed by atoms with Crippen molar-refractivity contribution in [1.29, 1.82) is 5.26 Å². The van der Waals surface area contributed by atoms with Crippen molar-refractivity contribution < 1.29 is 31.1 Å². The predicted molar refractivity (Wildman–Crippen MR) is 152 cm³/mol. The number of nitrogens with zero attached hydrogens (tertiary/aromatic N) is 4. The molecule has 0 saturated carbocycles. The first kappa shape index (κ1) is 31.3. The number of piperazine rings is 1. The van der Waals surface area contributed by atoms with E-state index in [2.05, 4.69) is 16.3 Å². The number of carbonyl (C=O) groups excluding carboxylic acids is 1. The highest BCUT2D eigenvalue weighted by Gasteiger charge is 2.40. The molecule has 44 heavy (non-hydrogen) atoms. The van der Waals surface area contributed by atoms with Crippen LogP contribution in [0.15, 0.2) is 72.8 Å². The highest BCUT2D eigenvalue weighted by atomic mass is 19.4. The lowest BCUT2D eigenvalue weighted by Crippen LogP contribution is -2.53. The van der Waals surface area contributed by atoms with Gasteiger partial charge in [0, 0.05) is 51.9 Å². The van der Waals surface area contributed by atoms with Gasteiger partial charge in [-0.1, -0.05) is 42.5 Å². The second-order valence-corrected chi connectivity index (χ2v) is 11.1. The molecule has 2 atom stereocenters. The van der Waals surface area contributed by atoms with E-state index in [0.717, 1.165) is 23.4 Å². The third-order valence-electron chi connectivity index (χ3n) is 8.12. The molecule has 12 heteroatoms. The Bertz CT molecular complexity index is 1460. The summed E-state index contributed by atoms with van der Waals surface area (Å²) in [5, 5.41) is 12.6. The number of hydrogen-bond donors (Lipinski definition) is 1. The number of hydrogen-bond acceptors (Lipinski definition) is 5. The molecule has 2 aliphatic rings. The number of amides is 1. The topological polar surface area (TPSA) is 62.6 Å². The molecule has 3 aromatic carbocycles. The van der Waals surface area contributed by atoms with E-state index in [1.165, 1.54) is 0 Å². The van der Waals surface area contributed by atoms with Crippen molar-refractivity contribution in [3.05, 3.63) is 101 Å². The maximum Gasteiger partial charge on any atom is 0.416 e. The Balaban J connectivity index is 1.29. The van der Waals surface area contributed by atoms with Crippen molar-refractivity contribution in [2.45, 2.75) is 43.9 Å². The van der Waals surface area contributed by atoms with Crippen molar-refractivity contribution >= 4 is 11.6 Å². The van der Waals surface area contributed by atoms with Crippen LogP contribution in [-0.2, 0) is 30.2 Å². The number of halogens is 6. The predicted octanol–water partition coefficient (Wildman–Crippen LogP) is 5.68. The number of nitriles is 1. The molecule has 0 unspecified atom stereocenters. The van der Waals surface area contributed by atoms with Crippen LogP contribution >= 0.6 is 0 Å². The third kappa shape index (κ3) is 7.34. The molecule has 3 aromatic rings. The largest absolute Gasteiger partial charge is 0.416 e. The van der Waals surface area contributed by atoms with Crippen molar-refractivity contribution in [3.63, 3.8) is 0 Å². The molecular weight excluding hydrogens is 584 g/mol. The molecular formula is C32H31F6N5O. The summed E-state index contributed by atoms with van der Waals surface area (Å²) in [7, 11) is 0. The number of nitrogens with one attached hydrogen (secondary N) is 1. The number of alkyl halides is 6. The van der Waals surface area contributed by atoms with Gasteiger partial charge in [0.2, 0.25) is 5.91 Å². The summed E-state index contributed by atoms with van der Waals surface area (Å²) >= 11 is 0. The van der Waals surface area contributed by atoms with Gasteiger partial charge in [-0.25, -0.2) is 0 Å². The van der Waals surface area contributed by atoms with Gasteiger partial charge in [0.05, 0.1) is 28.4 Å². The first-order valence-electron chi connectivity index (χ1n) is 14.2. The van der Waals surface area contributed by atoms with Crippen molar-refractivity contribution in [2.75, 3.05) is 37.6 Å². The number of anilines is 1. The summed E-state index contributed by atoms with van der Waals surface area (Å²) in [6, 6.07) is 19.8. The minimum Gasteiger partial charge on any atom is -0.367 e. The standard InChI is InChI=1S/C32H31F6N5O/c33-31(34,35)25-14-23(15-26(16-25)32(36,37)38)19-40-27-17-29(43(21-27)20-22-6-2-1-3-7-22)30(44)42-12-10-41(11-13-42)28-9-5-4-8-24(28)18-39/h1-9,14-16,27,29,40H,10-13,17,19-21H2/t27-,29-/m0/s1. The Morgan fingerprint density at radius 2 is 1.45 bits per heavy atom. The Morgan fingerprint density at radius 1 is 0.841 bits per heavy atom. The lowest BCUT2D eigenvalue weighted by molar-refractivity contribution is -0.143. The molecule has 0 radical (unpaired) electrons. The van der Waals surface area contributed by atoms with E-state index in [4.69, 9.17) is 0 Å². The van der Waals surface area contributed by atoms with Crippen LogP contribution in [0, 0.1) is 11.3 Å². The first-order chi connectivity index (χ1) is 20.9. The minimum absolute atomic E-state index is 0.0723. The molecule has 0 bridgehead atoms. The van der Waals surface area contributed by atoms with Gasteiger partial charge >= 0.3 is 12.4 Å². The van der Waals surface area contributed by atoms with Crippen LogP contribution in [0.2, 0.25) is 0 Å². The van der Waals surface area contributed by atoms with Crippen molar-refractivity contribution in [2.24, 2.45) is 0 Å². The maximum absolute atomic E-state index is 13.8. The summed E-state index contributed by atoms with van der Waals surface area (Å²) in [5.41, 5.74) is -0.478. The Hall–Kier alpha value is -4.08. The molecule has 1 N–H and O–H groups in total. The third-order valence-corrected chi connectivity index (χ3v) is 8.12. The molecule has 2 saturated heterocycles. The number of rotatable bonds is 7. The van der Waals surface area contributed by atoms with E-state index in [9.17, 15) is 36.4 Å². The monoisotopic (exact) mass is 615 g/mol. The molecule has 6 nitrogen and oxygen atoms in total. The van der Waals surface area contributed by atoms with Gasteiger partial charge < -0.3 is 15.1 Å². The van der Waals surface area contributed by atoms with Gasteiger partial charge in [-0.2, -0.15) is 31.6 Å². The van der Waals surface area contributed by atoms with Gasteiger partial charge in [0.25, 0.3) is 0 Å². The van der Waals surface area contributed by atoms with Crippen molar-refractivity contribution in [3.8, 4) is 6.07 Å². The molecule has 2 heterocycles. The lowest BCUT2D eigenvalue weighted by Gasteiger charge is -2.38. The molecule has 0 aromatic heterocycles. The summed E-state index contributed by atoms with van der Waals surface area (Å²) in [4.78, 5) is 19.7. The normalized spacial score (nSPS) is 19.7. The van der Waals surface area contributed by atoms with Crippen LogP contribution < -0.4 is 10.2 Å². The van der Waals surface area contributed by atoms with E-state index in [-0.39, 0.29) is 30.1 Å². The zero-order chi connectivity index (χ0) is 31.5. The zero-order valence-electron chi connectivity index (χ0n) is 23.7. The average Bonchev–Trinajstić information content (AvgIpc) is 3.41. The van der Waals surface area contributed by atoms with Crippen LogP contribution in [0.5, 0.6) is 0 Å². The summed E-state index contributed by atoms with van der Waals surface area (Å²) in [5.74, 6) is -0.0723. The van der Waals surface area contributed by atoms with E-state index in [1.807, 2.05) is 47.4 Å². The van der Waals surface area contributed by atoms with E-state index in [1.54, 1.807) is 17.0 Å². The van der Waals surface area contributed by atoms with Crippen molar-refractivity contribution in [1.82, 2.24) is 15.1 Å². The Labute approximate surface area is 251 Å². The molecule has 0 aliphatic carbocycles. The molecule has 5 rings (SSSR count). The summed E-state index contributed by atoms with van der Waals surface area (Å²) in [6.07, 6.45) is -9.49. The highest BCUT2D eigenvalue weighted by Crippen LogP contribution is 2.36. The van der Waals surface area contributed by atoms with E-state index >= 15 is 0 Å². The molecule has 232 valence electrons. The smallest absolute Gasteiger partial charge is 0.367 e. The first-order valence-corrected chi connectivity index (χ1v) is 14.2. The summed E-state index contributed by atoms with van der Waals surface area (Å²) in [6.45, 7) is 2.66. The fraction of sp³-hybridized carbons (Fsp3) is 0.375. The van der Waals surface area contributed by atoms with Gasteiger partial charge in [-0.15, -0.1) is 0 Å². The SMILES string of the molecule is N#Cc1ccccc1N1CCN(C(=O)[C@@H]2C[C@H](NCc3cc(C(F)(F)F)cc(C(F)(F)F)c3)CN2Cc2ccccc2)CC1. The molecule has 2 aliphatic heterocycles. The van der Waals surface area contributed by atoms with Gasteiger partial charge in [-0.05, 0) is 47.9 Å². The van der Waals surface area contributed by atoms with Gasteiger partial charge in [0.15, 0.2) is 0 Å². The van der Waals surface area contributed by atoms with Gasteiger partial charge in [0.1, 0.15) is 6.07 Å². The molecule has 2 fully saturated rings. The Morgan fingerprint density at radius 3 is 2.07 bits per heavy atom. The van der Waals surface area contributed by atoms with E-state index < -0.39 is 29.5 Å². The second-order valence-electron chi connectivity index (χ2n) is 11.1. The molecule has 1 amide bonds. The molecule has 0 spiro atoms. The zero-order valence-corrected chi connectivity index (χ0v) is 23.7. The van der Waals surface area contributed by atoms with Crippen LogP contribution in [0.1, 0.15) is 34.2 Å². The van der Waals surface area contributed by atoms with Crippen LogP contribution in [-0.4, -0.2) is 60.5 Å². The van der Waals surface area contributed by atoms with Gasteiger partial charge in [-0.3, -0.25) is 9.69 Å². The fourth-order valence-corrected chi connectivity index (χ4v) is 5.91. The fourth-order valence-electron chi connectivity index (χ4n) is 5.91. The van der Waals surface area contributed by atoms with Crippen LogP contribution in [0.4, 0.5) is 32.0 Å². The highest BCUT2D eigenvalue weighted by molar-refractivity contribution is 5.82.